The first-order valence-electron chi connectivity index (χ1n) is 7.52. The standard InChI is InChI=1S/C16H27N3O/c1-11-6-13(9-16(3,4)8-11)20-10-15-18-12(2)7-14(17-5)19-15/h7,11,13H,6,8-10H2,1-5H3,(H,17,18,19). The van der Waals surface area contributed by atoms with Crippen LogP contribution in [0.15, 0.2) is 6.07 Å². The summed E-state index contributed by atoms with van der Waals surface area (Å²) in [6.07, 6.45) is 3.89. The van der Waals surface area contributed by atoms with Gasteiger partial charge in [0.15, 0.2) is 5.82 Å². The van der Waals surface area contributed by atoms with Crippen molar-refractivity contribution in [1.29, 1.82) is 0 Å². The lowest BCUT2D eigenvalue weighted by Crippen LogP contribution is -2.32. The van der Waals surface area contributed by atoms with Crippen molar-refractivity contribution >= 4 is 5.82 Å². The number of nitrogens with one attached hydrogen (secondary N) is 1. The van der Waals surface area contributed by atoms with Crippen molar-refractivity contribution in [1.82, 2.24) is 9.97 Å². The molecule has 0 aliphatic heterocycles. The molecule has 1 aromatic heterocycles. The van der Waals surface area contributed by atoms with Crippen LogP contribution in [0.25, 0.3) is 0 Å². The van der Waals surface area contributed by atoms with Crippen LogP contribution >= 0.6 is 0 Å². The zero-order valence-corrected chi connectivity index (χ0v) is 13.4. The Labute approximate surface area is 122 Å². The van der Waals surface area contributed by atoms with Crippen LogP contribution < -0.4 is 5.32 Å². The monoisotopic (exact) mass is 277 g/mol. The quantitative estimate of drug-likeness (QED) is 0.914. The lowest BCUT2D eigenvalue weighted by Gasteiger charge is -2.38. The molecule has 20 heavy (non-hydrogen) atoms. The molecule has 4 nitrogen and oxygen atoms in total. The lowest BCUT2D eigenvalue weighted by atomic mass is 9.71. The van der Waals surface area contributed by atoms with Crippen LogP contribution in [0.5, 0.6) is 0 Å². The first-order chi connectivity index (χ1) is 9.38. The number of ether oxygens (including phenoxy) is 1. The van der Waals surface area contributed by atoms with E-state index in [2.05, 4.69) is 36.1 Å². The molecule has 1 aliphatic carbocycles. The maximum atomic E-state index is 6.08. The van der Waals surface area contributed by atoms with E-state index in [4.69, 9.17) is 4.74 Å². The molecule has 1 aromatic rings. The zero-order valence-electron chi connectivity index (χ0n) is 13.4. The Morgan fingerprint density at radius 3 is 2.75 bits per heavy atom. The van der Waals surface area contributed by atoms with E-state index in [9.17, 15) is 0 Å². The molecule has 0 amide bonds. The Balaban J connectivity index is 1.96. The van der Waals surface area contributed by atoms with E-state index in [1.165, 1.54) is 6.42 Å². The number of hydrogen-bond donors (Lipinski definition) is 1. The Morgan fingerprint density at radius 2 is 2.10 bits per heavy atom. The van der Waals surface area contributed by atoms with Crippen molar-refractivity contribution < 1.29 is 4.74 Å². The van der Waals surface area contributed by atoms with Crippen LogP contribution in [0.4, 0.5) is 5.82 Å². The van der Waals surface area contributed by atoms with Crippen LogP contribution in [0, 0.1) is 18.3 Å². The number of nitrogens with zero attached hydrogens (tertiary/aromatic N) is 2. The van der Waals surface area contributed by atoms with E-state index >= 15 is 0 Å². The first-order valence-corrected chi connectivity index (χ1v) is 7.52. The highest BCUT2D eigenvalue weighted by atomic mass is 16.5. The van der Waals surface area contributed by atoms with E-state index in [1.54, 1.807) is 0 Å². The molecule has 0 saturated heterocycles. The predicted octanol–water partition coefficient (Wildman–Crippen LogP) is 3.56. The van der Waals surface area contributed by atoms with Crippen molar-refractivity contribution in [2.24, 2.45) is 11.3 Å². The number of anilines is 1. The predicted molar refractivity (Wildman–Crippen MR) is 81.7 cm³/mol. The van der Waals surface area contributed by atoms with E-state index in [0.29, 0.717) is 18.1 Å². The van der Waals surface area contributed by atoms with Crippen molar-refractivity contribution in [2.45, 2.75) is 59.7 Å². The van der Waals surface area contributed by atoms with Crippen LogP contribution in [-0.4, -0.2) is 23.1 Å². The number of hydrogen-bond acceptors (Lipinski definition) is 4. The van der Waals surface area contributed by atoms with Gasteiger partial charge in [-0.05, 0) is 37.5 Å². The molecule has 1 saturated carbocycles. The van der Waals surface area contributed by atoms with E-state index in [-0.39, 0.29) is 0 Å². The summed E-state index contributed by atoms with van der Waals surface area (Å²) in [7, 11) is 1.87. The summed E-state index contributed by atoms with van der Waals surface area (Å²) in [5.41, 5.74) is 1.35. The van der Waals surface area contributed by atoms with E-state index < -0.39 is 0 Å². The Morgan fingerprint density at radius 1 is 1.35 bits per heavy atom. The second kappa shape index (κ2) is 6.08. The fraction of sp³-hybridized carbons (Fsp3) is 0.750. The average molecular weight is 277 g/mol. The third-order valence-electron chi connectivity index (χ3n) is 3.95. The van der Waals surface area contributed by atoms with Crippen molar-refractivity contribution in [3.05, 3.63) is 17.6 Å². The summed E-state index contributed by atoms with van der Waals surface area (Å²) < 4.78 is 6.08. The topological polar surface area (TPSA) is 47.0 Å². The van der Waals surface area contributed by atoms with Crippen LogP contribution in [0.1, 0.15) is 51.6 Å². The molecule has 1 aliphatic rings. The van der Waals surface area contributed by atoms with Crippen LogP contribution in [0.2, 0.25) is 0 Å². The summed E-state index contributed by atoms with van der Waals surface area (Å²) in [4.78, 5) is 8.89. The summed E-state index contributed by atoms with van der Waals surface area (Å²) in [5, 5.41) is 3.06. The van der Waals surface area contributed by atoms with Gasteiger partial charge in [0.1, 0.15) is 12.4 Å². The van der Waals surface area contributed by atoms with Crippen LogP contribution in [0.3, 0.4) is 0 Å². The highest BCUT2D eigenvalue weighted by Crippen LogP contribution is 2.39. The van der Waals surface area contributed by atoms with Gasteiger partial charge in [-0.15, -0.1) is 0 Å². The zero-order chi connectivity index (χ0) is 14.8. The van der Waals surface area contributed by atoms with Gasteiger partial charge in [-0.2, -0.15) is 0 Å². The Hall–Kier alpha value is -1.16. The normalized spacial score (nSPS) is 25.4. The van der Waals surface area contributed by atoms with Gasteiger partial charge in [0.25, 0.3) is 0 Å². The van der Waals surface area contributed by atoms with Gasteiger partial charge >= 0.3 is 0 Å². The van der Waals surface area contributed by atoms with Crippen molar-refractivity contribution in [3.63, 3.8) is 0 Å². The van der Waals surface area contributed by atoms with Gasteiger partial charge in [-0.1, -0.05) is 20.8 Å². The molecule has 0 spiro atoms. The largest absolute Gasteiger partial charge is 0.373 e. The molecule has 0 bridgehead atoms. The molecule has 112 valence electrons. The highest BCUT2D eigenvalue weighted by molar-refractivity contribution is 5.34. The van der Waals surface area contributed by atoms with Gasteiger partial charge in [-0.3, -0.25) is 0 Å². The Bertz CT molecular complexity index is 459. The van der Waals surface area contributed by atoms with Gasteiger partial charge in [0, 0.05) is 18.8 Å². The minimum absolute atomic E-state index is 0.330. The average Bonchev–Trinajstić information content (AvgIpc) is 2.33. The van der Waals surface area contributed by atoms with Crippen molar-refractivity contribution in [2.75, 3.05) is 12.4 Å². The summed E-state index contributed by atoms with van der Waals surface area (Å²) >= 11 is 0. The molecule has 2 atom stereocenters. The molecular weight excluding hydrogens is 250 g/mol. The minimum Gasteiger partial charge on any atom is -0.373 e. The number of rotatable bonds is 4. The summed E-state index contributed by atoms with van der Waals surface area (Å²) in [5.74, 6) is 2.36. The second-order valence-corrected chi connectivity index (χ2v) is 6.91. The first kappa shape index (κ1) is 15.2. The summed E-state index contributed by atoms with van der Waals surface area (Å²) in [6.45, 7) is 9.48. The van der Waals surface area contributed by atoms with Crippen LogP contribution in [-0.2, 0) is 11.3 Å². The van der Waals surface area contributed by atoms with E-state index in [1.807, 2.05) is 20.0 Å². The third kappa shape index (κ3) is 4.17. The fourth-order valence-electron chi connectivity index (χ4n) is 3.40. The van der Waals surface area contributed by atoms with Gasteiger partial charge in [-0.25, -0.2) is 9.97 Å². The lowest BCUT2D eigenvalue weighted by molar-refractivity contribution is -0.0338. The molecule has 1 heterocycles. The number of aromatic nitrogens is 2. The number of aryl methyl sites for hydroxylation is 1. The van der Waals surface area contributed by atoms with Gasteiger partial charge in [0.2, 0.25) is 0 Å². The molecule has 2 rings (SSSR count). The maximum absolute atomic E-state index is 6.08. The fourth-order valence-corrected chi connectivity index (χ4v) is 3.40. The van der Waals surface area contributed by atoms with Gasteiger partial charge in [0.05, 0.1) is 6.10 Å². The summed E-state index contributed by atoms with van der Waals surface area (Å²) in [6, 6.07) is 1.94. The minimum atomic E-state index is 0.330. The molecule has 2 unspecified atom stereocenters. The second-order valence-electron chi connectivity index (χ2n) is 6.91. The molecule has 1 fully saturated rings. The molecular formula is C16H27N3O. The highest BCUT2D eigenvalue weighted by Gasteiger charge is 2.32. The van der Waals surface area contributed by atoms with Gasteiger partial charge < -0.3 is 10.1 Å². The third-order valence-corrected chi connectivity index (χ3v) is 3.95. The SMILES string of the molecule is CNc1cc(C)nc(COC2CC(C)CC(C)(C)C2)n1. The Kier molecular flexibility index (Phi) is 4.63. The molecule has 4 heteroatoms. The van der Waals surface area contributed by atoms with Crippen molar-refractivity contribution in [3.8, 4) is 0 Å². The van der Waals surface area contributed by atoms with E-state index in [0.717, 1.165) is 36.1 Å². The molecule has 1 N–H and O–H groups in total. The molecule has 0 aromatic carbocycles. The maximum Gasteiger partial charge on any atom is 0.156 e. The smallest absolute Gasteiger partial charge is 0.156 e. The molecule has 0 radical (unpaired) electrons.